The summed E-state index contributed by atoms with van der Waals surface area (Å²) in [5, 5.41) is 5.88. The molecule has 4 heteroatoms. The van der Waals surface area contributed by atoms with Crippen molar-refractivity contribution in [1.82, 2.24) is 0 Å². The quantitative estimate of drug-likeness (QED) is 0.388. The monoisotopic (exact) mass is 420 g/mol. The molecule has 0 heterocycles. The van der Waals surface area contributed by atoms with Gasteiger partial charge in [-0.15, -0.1) is 0 Å². The maximum Gasteiger partial charge on any atom is 0.255 e. The van der Waals surface area contributed by atoms with Crippen molar-refractivity contribution in [3.8, 4) is 11.1 Å². The third-order valence-corrected chi connectivity index (χ3v) is 5.40. The summed E-state index contributed by atoms with van der Waals surface area (Å²) >= 11 is 0. The van der Waals surface area contributed by atoms with Crippen LogP contribution in [0.15, 0.2) is 97.1 Å². The van der Waals surface area contributed by atoms with E-state index in [1.807, 2.05) is 111 Å². The number of aryl methyl sites for hydroxylation is 2. The Morgan fingerprint density at radius 2 is 0.844 bits per heavy atom. The van der Waals surface area contributed by atoms with Crippen molar-refractivity contribution in [1.29, 1.82) is 0 Å². The second kappa shape index (κ2) is 9.31. The van der Waals surface area contributed by atoms with E-state index < -0.39 is 0 Å². The van der Waals surface area contributed by atoms with Crippen molar-refractivity contribution in [2.75, 3.05) is 10.6 Å². The molecule has 0 aliphatic rings. The second-order valence-corrected chi connectivity index (χ2v) is 7.69. The Kier molecular flexibility index (Phi) is 6.13. The molecule has 2 amide bonds. The summed E-state index contributed by atoms with van der Waals surface area (Å²) in [6.45, 7) is 3.84. The number of hydrogen-bond acceptors (Lipinski definition) is 2. The minimum Gasteiger partial charge on any atom is -0.322 e. The van der Waals surface area contributed by atoms with Gasteiger partial charge in [0.05, 0.1) is 0 Å². The molecule has 0 saturated carbocycles. The normalized spacial score (nSPS) is 10.4. The van der Waals surface area contributed by atoms with E-state index >= 15 is 0 Å². The molecule has 0 unspecified atom stereocenters. The Morgan fingerprint density at radius 1 is 0.500 bits per heavy atom. The molecule has 0 fully saturated rings. The van der Waals surface area contributed by atoms with Crippen LogP contribution in [-0.2, 0) is 0 Å². The third kappa shape index (κ3) is 4.76. The van der Waals surface area contributed by atoms with E-state index in [0.29, 0.717) is 11.1 Å². The zero-order chi connectivity index (χ0) is 22.5. The summed E-state index contributed by atoms with van der Waals surface area (Å²) in [4.78, 5) is 25.0. The van der Waals surface area contributed by atoms with Crippen LogP contribution in [0.3, 0.4) is 0 Å². The molecule has 0 radical (unpaired) electrons. The molecule has 0 atom stereocenters. The van der Waals surface area contributed by atoms with Gasteiger partial charge < -0.3 is 10.6 Å². The lowest BCUT2D eigenvalue weighted by molar-refractivity contribution is 0.101. The molecule has 0 saturated heterocycles. The van der Waals surface area contributed by atoms with Crippen LogP contribution < -0.4 is 10.6 Å². The highest BCUT2D eigenvalue weighted by atomic mass is 16.2. The van der Waals surface area contributed by atoms with Crippen molar-refractivity contribution in [3.05, 3.63) is 119 Å². The van der Waals surface area contributed by atoms with Crippen LogP contribution in [0.25, 0.3) is 11.1 Å². The summed E-state index contributed by atoms with van der Waals surface area (Å²) in [5.74, 6) is -0.241. The number of nitrogens with one attached hydrogen (secondary N) is 2. The predicted molar refractivity (Wildman–Crippen MR) is 130 cm³/mol. The summed E-state index contributed by atoms with van der Waals surface area (Å²) < 4.78 is 0. The van der Waals surface area contributed by atoms with Crippen molar-refractivity contribution < 1.29 is 9.59 Å². The Labute approximate surface area is 187 Å². The average Bonchev–Trinajstić information content (AvgIpc) is 2.80. The molecule has 0 aliphatic heterocycles. The maximum absolute atomic E-state index is 12.5. The van der Waals surface area contributed by atoms with E-state index in [-0.39, 0.29) is 11.8 Å². The van der Waals surface area contributed by atoms with Crippen molar-refractivity contribution in [2.45, 2.75) is 13.8 Å². The smallest absolute Gasteiger partial charge is 0.255 e. The lowest BCUT2D eigenvalue weighted by Crippen LogP contribution is -2.13. The highest BCUT2D eigenvalue weighted by Gasteiger charge is 2.10. The minimum atomic E-state index is -0.121. The van der Waals surface area contributed by atoms with Crippen LogP contribution in [0.1, 0.15) is 31.8 Å². The molecule has 4 aromatic carbocycles. The van der Waals surface area contributed by atoms with Gasteiger partial charge in [-0.05, 0) is 72.5 Å². The Morgan fingerprint density at radius 3 is 1.19 bits per heavy atom. The van der Waals surface area contributed by atoms with Gasteiger partial charge in [0.25, 0.3) is 11.8 Å². The van der Waals surface area contributed by atoms with Gasteiger partial charge in [0, 0.05) is 22.5 Å². The second-order valence-electron chi connectivity index (χ2n) is 7.69. The van der Waals surface area contributed by atoms with Gasteiger partial charge in [0.15, 0.2) is 0 Å². The summed E-state index contributed by atoms with van der Waals surface area (Å²) in [5.41, 5.74) is 6.74. The molecular weight excluding hydrogens is 396 g/mol. The molecule has 4 aromatic rings. The SMILES string of the molecule is Cc1ccccc1C(=O)Nc1ccc(-c2ccc(NC(=O)c3ccccc3C)cc2)cc1. The van der Waals surface area contributed by atoms with E-state index in [2.05, 4.69) is 10.6 Å². The van der Waals surface area contributed by atoms with Crippen LogP contribution >= 0.6 is 0 Å². The van der Waals surface area contributed by atoms with E-state index in [4.69, 9.17) is 0 Å². The van der Waals surface area contributed by atoms with Gasteiger partial charge in [0.2, 0.25) is 0 Å². The first kappa shape index (κ1) is 21.1. The average molecular weight is 421 g/mol. The number of carbonyl (C=O) groups excluding carboxylic acids is 2. The number of hydrogen-bond donors (Lipinski definition) is 2. The Bertz CT molecular complexity index is 1160. The molecular formula is C28H24N2O2. The Balaban J connectivity index is 1.42. The first-order valence-electron chi connectivity index (χ1n) is 10.5. The fourth-order valence-electron chi connectivity index (χ4n) is 3.54. The standard InChI is InChI=1S/C28H24N2O2/c1-19-7-3-5-9-25(19)27(31)29-23-15-11-21(12-16-23)22-13-17-24(18-14-22)30-28(32)26-10-6-4-8-20(26)2/h3-18H,1-2H3,(H,29,31)(H,30,32). The van der Waals surface area contributed by atoms with E-state index in [9.17, 15) is 9.59 Å². The number of carbonyl (C=O) groups is 2. The van der Waals surface area contributed by atoms with Crippen molar-refractivity contribution in [3.63, 3.8) is 0 Å². The van der Waals surface area contributed by atoms with Crippen LogP contribution in [0, 0.1) is 13.8 Å². The maximum atomic E-state index is 12.5. The fraction of sp³-hybridized carbons (Fsp3) is 0.0714. The van der Waals surface area contributed by atoms with Gasteiger partial charge in [-0.25, -0.2) is 0 Å². The van der Waals surface area contributed by atoms with Crippen LogP contribution in [0.5, 0.6) is 0 Å². The number of rotatable bonds is 5. The zero-order valence-corrected chi connectivity index (χ0v) is 18.1. The highest BCUT2D eigenvalue weighted by molar-refractivity contribution is 6.06. The van der Waals surface area contributed by atoms with Crippen LogP contribution in [0.4, 0.5) is 11.4 Å². The molecule has 0 aliphatic carbocycles. The topological polar surface area (TPSA) is 58.2 Å². The molecule has 4 rings (SSSR count). The summed E-state index contributed by atoms with van der Waals surface area (Å²) in [6.07, 6.45) is 0. The number of anilines is 2. The molecule has 158 valence electrons. The van der Waals surface area contributed by atoms with Gasteiger partial charge >= 0.3 is 0 Å². The fourth-order valence-corrected chi connectivity index (χ4v) is 3.54. The molecule has 32 heavy (non-hydrogen) atoms. The Hall–Kier alpha value is -4.18. The van der Waals surface area contributed by atoms with E-state index in [1.54, 1.807) is 0 Å². The number of amides is 2. The van der Waals surface area contributed by atoms with Crippen LogP contribution in [0.2, 0.25) is 0 Å². The summed E-state index contributed by atoms with van der Waals surface area (Å²) in [7, 11) is 0. The van der Waals surface area contributed by atoms with Gasteiger partial charge in [-0.2, -0.15) is 0 Å². The minimum absolute atomic E-state index is 0.121. The van der Waals surface area contributed by atoms with E-state index in [1.165, 1.54) is 0 Å². The predicted octanol–water partition coefficient (Wildman–Crippen LogP) is 6.48. The molecule has 0 aromatic heterocycles. The first-order chi connectivity index (χ1) is 15.5. The summed E-state index contributed by atoms with van der Waals surface area (Å²) in [6, 6.07) is 30.5. The largest absolute Gasteiger partial charge is 0.322 e. The van der Waals surface area contributed by atoms with Gasteiger partial charge in [0.1, 0.15) is 0 Å². The van der Waals surface area contributed by atoms with E-state index in [0.717, 1.165) is 33.6 Å². The zero-order valence-electron chi connectivity index (χ0n) is 18.1. The lowest BCUT2D eigenvalue weighted by atomic mass is 10.0. The van der Waals surface area contributed by atoms with Crippen molar-refractivity contribution in [2.24, 2.45) is 0 Å². The highest BCUT2D eigenvalue weighted by Crippen LogP contribution is 2.24. The van der Waals surface area contributed by atoms with Gasteiger partial charge in [-0.3, -0.25) is 9.59 Å². The molecule has 4 nitrogen and oxygen atoms in total. The van der Waals surface area contributed by atoms with Gasteiger partial charge in [-0.1, -0.05) is 60.7 Å². The third-order valence-electron chi connectivity index (χ3n) is 5.40. The first-order valence-corrected chi connectivity index (χ1v) is 10.5. The lowest BCUT2D eigenvalue weighted by Gasteiger charge is -2.10. The van der Waals surface area contributed by atoms with Crippen LogP contribution in [-0.4, -0.2) is 11.8 Å². The molecule has 2 N–H and O–H groups in total. The van der Waals surface area contributed by atoms with Crippen molar-refractivity contribution >= 4 is 23.2 Å². The molecule has 0 bridgehead atoms. The number of benzene rings is 4. The molecule has 0 spiro atoms.